The summed E-state index contributed by atoms with van der Waals surface area (Å²) in [4.78, 5) is 8.34. The molecule has 0 aliphatic carbocycles. The van der Waals surface area contributed by atoms with E-state index in [0.29, 0.717) is 17.9 Å². The molecular formula is C13H15N3O2. The molecule has 2 N–H and O–H groups in total. The molecule has 0 fully saturated rings. The number of nitrogen functional groups attached to an aromatic ring is 1. The largest absolute Gasteiger partial charge is 0.497 e. The number of rotatable bonds is 4. The molecule has 0 bridgehead atoms. The van der Waals surface area contributed by atoms with Gasteiger partial charge >= 0.3 is 0 Å². The highest BCUT2D eigenvalue weighted by Gasteiger charge is 2.07. The van der Waals surface area contributed by atoms with E-state index < -0.39 is 0 Å². The summed E-state index contributed by atoms with van der Waals surface area (Å²) in [5, 5.41) is 0. The van der Waals surface area contributed by atoms with E-state index >= 15 is 0 Å². The van der Waals surface area contributed by atoms with E-state index in [9.17, 15) is 0 Å². The Morgan fingerprint density at radius 1 is 1.11 bits per heavy atom. The van der Waals surface area contributed by atoms with Crippen LogP contribution in [0.5, 0.6) is 11.5 Å². The van der Waals surface area contributed by atoms with Crippen molar-refractivity contribution in [1.29, 1.82) is 0 Å². The monoisotopic (exact) mass is 245 g/mol. The Labute approximate surface area is 106 Å². The number of ether oxygens (including phenoxy) is 2. The molecular weight excluding hydrogens is 230 g/mol. The number of hydrogen-bond donors (Lipinski definition) is 1. The fraction of sp³-hybridized carbons (Fsp3) is 0.231. The summed E-state index contributed by atoms with van der Waals surface area (Å²) in [6.45, 7) is 0. The van der Waals surface area contributed by atoms with Crippen molar-refractivity contribution in [3.05, 3.63) is 42.0 Å². The van der Waals surface area contributed by atoms with E-state index in [-0.39, 0.29) is 0 Å². The van der Waals surface area contributed by atoms with Crippen molar-refractivity contribution in [1.82, 2.24) is 9.97 Å². The summed E-state index contributed by atoms with van der Waals surface area (Å²) in [6.07, 6.45) is 3.78. The third kappa shape index (κ3) is 2.68. The summed E-state index contributed by atoms with van der Waals surface area (Å²) >= 11 is 0. The van der Waals surface area contributed by atoms with E-state index in [2.05, 4.69) is 9.97 Å². The zero-order valence-corrected chi connectivity index (χ0v) is 10.4. The van der Waals surface area contributed by atoms with Crippen LogP contribution in [0.25, 0.3) is 0 Å². The Morgan fingerprint density at radius 2 is 1.83 bits per heavy atom. The van der Waals surface area contributed by atoms with Crippen LogP contribution in [0.3, 0.4) is 0 Å². The molecule has 0 saturated heterocycles. The molecule has 0 amide bonds. The fourth-order valence-electron chi connectivity index (χ4n) is 1.62. The van der Waals surface area contributed by atoms with Crippen LogP contribution in [0, 0.1) is 0 Å². The normalized spacial score (nSPS) is 10.1. The molecule has 2 rings (SSSR count). The van der Waals surface area contributed by atoms with Crippen molar-refractivity contribution in [2.75, 3.05) is 20.0 Å². The van der Waals surface area contributed by atoms with Crippen molar-refractivity contribution in [2.24, 2.45) is 0 Å². The highest BCUT2D eigenvalue weighted by atomic mass is 16.5. The SMILES string of the molecule is COc1ccc(Cc2ncc(N)cn2)c(OC)c1. The lowest BCUT2D eigenvalue weighted by Gasteiger charge is -2.09. The van der Waals surface area contributed by atoms with Crippen LogP contribution in [0.4, 0.5) is 5.69 Å². The first kappa shape index (κ1) is 12.2. The number of anilines is 1. The average molecular weight is 245 g/mol. The Kier molecular flexibility index (Phi) is 3.62. The topological polar surface area (TPSA) is 70.3 Å². The fourth-order valence-corrected chi connectivity index (χ4v) is 1.62. The lowest BCUT2D eigenvalue weighted by molar-refractivity contribution is 0.391. The molecule has 5 heteroatoms. The highest BCUT2D eigenvalue weighted by Crippen LogP contribution is 2.25. The molecule has 2 aromatic rings. The highest BCUT2D eigenvalue weighted by molar-refractivity contribution is 5.42. The van der Waals surface area contributed by atoms with E-state index in [1.807, 2.05) is 18.2 Å². The summed E-state index contributed by atoms with van der Waals surface area (Å²) in [5.41, 5.74) is 7.11. The van der Waals surface area contributed by atoms with Crippen LogP contribution in [-0.2, 0) is 6.42 Å². The van der Waals surface area contributed by atoms with Crippen molar-refractivity contribution in [2.45, 2.75) is 6.42 Å². The van der Waals surface area contributed by atoms with Gasteiger partial charge in [-0.3, -0.25) is 0 Å². The summed E-state index contributed by atoms with van der Waals surface area (Å²) < 4.78 is 10.5. The molecule has 1 aromatic heterocycles. The Balaban J connectivity index is 2.25. The Bertz CT molecular complexity index is 526. The van der Waals surface area contributed by atoms with E-state index in [4.69, 9.17) is 15.2 Å². The van der Waals surface area contributed by atoms with Crippen molar-refractivity contribution in [3.8, 4) is 11.5 Å². The first-order valence-electron chi connectivity index (χ1n) is 5.50. The molecule has 0 aliphatic heterocycles. The molecule has 0 atom stereocenters. The smallest absolute Gasteiger partial charge is 0.132 e. The van der Waals surface area contributed by atoms with Gasteiger partial charge < -0.3 is 15.2 Å². The van der Waals surface area contributed by atoms with Gasteiger partial charge in [-0.2, -0.15) is 0 Å². The van der Waals surface area contributed by atoms with Gasteiger partial charge in [0.25, 0.3) is 0 Å². The number of nitrogens with zero attached hydrogens (tertiary/aromatic N) is 2. The minimum absolute atomic E-state index is 0.556. The second-order valence-electron chi connectivity index (χ2n) is 3.79. The van der Waals surface area contributed by atoms with Gasteiger partial charge in [0, 0.05) is 18.1 Å². The van der Waals surface area contributed by atoms with Crippen LogP contribution in [0.2, 0.25) is 0 Å². The third-order valence-electron chi connectivity index (χ3n) is 2.57. The van der Waals surface area contributed by atoms with Crippen molar-refractivity contribution >= 4 is 5.69 Å². The summed E-state index contributed by atoms with van der Waals surface area (Å²) in [6, 6.07) is 5.67. The molecule has 1 aromatic carbocycles. The molecule has 0 aliphatic rings. The maximum Gasteiger partial charge on any atom is 0.132 e. The maximum atomic E-state index is 5.55. The molecule has 94 valence electrons. The van der Waals surface area contributed by atoms with Gasteiger partial charge in [0.15, 0.2) is 0 Å². The van der Waals surface area contributed by atoms with Gasteiger partial charge in [0.05, 0.1) is 32.3 Å². The quantitative estimate of drug-likeness (QED) is 0.887. The second-order valence-corrected chi connectivity index (χ2v) is 3.79. The van der Waals surface area contributed by atoms with Crippen LogP contribution >= 0.6 is 0 Å². The molecule has 0 spiro atoms. The van der Waals surface area contributed by atoms with Crippen LogP contribution < -0.4 is 15.2 Å². The Morgan fingerprint density at radius 3 is 2.44 bits per heavy atom. The van der Waals surface area contributed by atoms with Crippen LogP contribution in [-0.4, -0.2) is 24.2 Å². The maximum absolute atomic E-state index is 5.55. The predicted octanol–water partition coefficient (Wildman–Crippen LogP) is 1.67. The molecule has 5 nitrogen and oxygen atoms in total. The molecule has 0 radical (unpaired) electrons. The van der Waals surface area contributed by atoms with E-state index in [1.54, 1.807) is 26.6 Å². The zero-order valence-electron chi connectivity index (χ0n) is 10.4. The summed E-state index contributed by atoms with van der Waals surface area (Å²) in [7, 11) is 3.25. The molecule has 18 heavy (non-hydrogen) atoms. The first-order chi connectivity index (χ1) is 8.72. The predicted molar refractivity (Wildman–Crippen MR) is 68.8 cm³/mol. The lowest BCUT2D eigenvalue weighted by Crippen LogP contribution is -2.00. The average Bonchev–Trinajstić information content (AvgIpc) is 2.41. The van der Waals surface area contributed by atoms with Gasteiger partial charge in [-0.15, -0.1) is 0 Å². The van der Waals surface area contributed by atoms with Crippen LogP contribution in [0.1, 0.15) is 11.4 Å². The molecule has 1 heterocycles. The summed E-state index contributed by atoms with van der Waals surface area (Å²) in [5.74, 6) is 2.22. The van der Waals surface area contributed by atoms with Crippen molar-refractivity contribution < 1.29 is 9.47 Å². The van der Waals surface area contributed by atoms with Gasteiger partial charge in [0.2, 0.25) is 0 Å². The number of hydrogen-bond acceptors (Lipinski definition) is 5. The lowest BCUT2D eigenvalue weighted by atomic mass is 10.1. The standard InChI is InChI=1S/C13H15N3O2/c1-17-11-4-3-9(12(6-11)18-2)5-13-15-7-10(14)8-16-13/h3-4,6-8H,5,14H2,1-2H3. The zero-order chi connectivity index (χ0) is 13.0. The van der Waals surface area contributed by atoms with E-state index in [0.717, 1.165) is 17.1 Å². The number of benzene rings is 1. The van der Waals surface area contributed by atoms with Gasteiger partial charge in [-0.1, -0.05) is 6.07 Å². The Hall–Kier alpha value is -2.30. The van der Waals surface area contributed by atoms with Gasteiger partial charge in [0.1, 0.15) is 17.3 Å². The third-order valence-corrected chi connectivity index (χ3v) is 2.57. The minimum Gasteiger partial charge on any atom is -0.497 e. The number of aromatic nitrogens is 2. The minimum atomic E-state index is 0.556. The van der Waals surface area contributed by atoms with Crippen LogP contribution in [0.15, 0.2) is 30.6 Å². The molecule has 0 unspecified atom stereocenters. The first-order valence-corrected chi connectivity index (χ1v) is 5.50. The second kappa shape index (κ2) is 5.35. The number of methoxy groups -OCH3 is 2. The number of nitrogens with two attached hydrogens (primary N) is 1. The van der Waals surface area contributed by atoms with Gasteiger partial charge in [-0.25, -0.2) is 9.97 Å². The molecule has 0 saturated carbocycles. The van der Waals surface area contributed by atoms with E-state index in [1.165, 1.54) is 0 Å². The van der Waals surface area contributed by atoms with Crippen molar-refractivity contribution in [3.63, 3.8) is 0 Å². The van der Waals surface area contributed by atoms with Gasteiger partial charge in [-0.05, 0) is 6.07 Å².